The summed E-state index contributed by atoms with van der Waals surface area (Å²) >= 11 is 5.68. The largest absolute Gasteiger partial charge is 0.507 e. The number of aromatic amines is 1. The number of ether oxygens (including phenoxy) is 1. The molecule has 0 aliphatic carbocycles. The number of phenolic OH excluding ortho intramolecular Hbond substituents is 1. The van der Waals surface area contributed by atoms with Crippen LogP contribution in [-0.4, -0.2) is 32.8 Å². The highest BCUT2D eigenvalue weighted by atomic mass is 35.5. The number of aromatic hydroxyl groups is 1. The van der Waals surface area contributed by atoms with Crippen molar-refractivity contribution in [1.29, 1.82) is 0 Å². The molecule has 7 nitrogen and oxygen atoms in total. The number of nitrogens with one attached hydrogen (secondary N) is 2. The van der Waals surface area contributed by atoms with Gasteiger partial charge in [-0.25, -0.2) is 5.10 Å². The van der Waals surface area contributed by atoms with E-state index in [4.69, 9.17) is 16.3 Å². The van der Waals surface area contributed by atoms with Gasteiger partial charge in [-0.05, 0) is 25.1 Å². The lowest BCUT2D eigenvalue weighted by molar-refractivity contribution is 0.102. The van der Waals surface area contributed by atoms with Crippen molar-refractivity contribution in [3.63, 3.8) is 0 Å². The Morgan fingerprint density at radius 2 is 2.37 bits per heavy atom. The third-order valence-corrected chi connectivity index (χ3v) is 2.41. The van der Waals surface area contributed by atoms with Crippen molar-refractivity contribution in [1.82, 2.24) is 15.2 Å². The average Bonchev–Trinajstić information content (AvgIpc) is 2.76. The SMILES string of the molecule is CCOc1n[nH]c(NC(=O)c2ccc(Cl)cc2O)n1. The first-order valence-electron chi connectivity index (χ1n) is 5.45. The van der Waals surface area contributed by atoms with Crippen LogP contribution in [0.4, 0.5) is 5.95 Å². The molecule has 1 heterocycles. The molecule has 2 aromatic rings. The van der Waals surface area contributed by atoms with Gasteiger partial charge in [-0.2, -0.15) is 4.98 Å². The number of amides is 1. The van der Waals surface area contributed by atoms with Crippen molar-refractivity contribution in [3.05, 3.63) is 28.8 Å². The van der Waals surface area contributed by atoms with Crippen molar-refractivity contribution in [2.45, 2.75) is 6.92 Å². The van der Waals surface area contributed by atoms with Gasteiger partial charge in [-0.15, -0.1) is 5.10 Å². The van der Waals surface area contributed by atoms with E-state index in [1.807, 2.05) is 0 Å². The minimum Gasteiger partial charge on any atom is -0.507 e. The first-order valence-corrected chi connectivity index (χ1v) is 5.83. The smallest absolute Gasteiger partial charge is 0.337 e. The van der Waals surface area contributed by atoms with Crippen molar-refractivity contribution >= 4 is 23.5 Å². The Morgan fingerprint density at radius 1 is 1.58 bits per heavy atom. The van der Waals surface area contributed by atoms with Crippen molar-refractivity contribution in [2.24, 2.45) is 0 Å². The van der Waals surface area contributed by atoms with Gasteiger partial charge in [0.2, 0.25) is 5.95 Å². The summed E-state index contributed by atoms with van der Waals surface area (Å²) < 4.78 is 5.04. The molecule has 0 unspecified atom stereocenters. The molecule has 3 N–H and O–H groups in total. The number of anilines is 1. The second-order valence-electron chi connectivity index (χ2n) is 3.52. The Balaban J connectivity index is 2.11. The molecule has 0 saturated carbocycles. The number of hydrogen-bond acceptors (Lipinski definition) is 5. The fraction of sp³-hybridized carbons (Fsp3) is 0.182. The van der Waals surface area contributed by atoms with Crippen molar-refractivity contribution in [2.75, 3.05) is 11.9 Å². The Kier molecular flexibility index (Phi) is 3.86. The lowest BCUT2D eigenvalue weighted by Crippen LogP contribution is -2.13. The summed E-state index contributed by atoms with van der Waals surface area (Å²) in [6.07, 6.45) is 0. The fourth-order valence-corrected chi connectivity index (χ4v) is 1.53. The van der Waals surface area contributed by atoms with E-state index in [1.54, 1.807) is 6.92 Å². The third kappa shape index (κ3) is 3.14. The molecule has 100 valence electrons. The zero-order valence-electron chi connectivity index (χ0n) is 9.98. The number of carbonyl (C=O) groups is 1. The van der Waals surface area contributed by atoms with Gasteiger partial charge in [0.15, 0.2) is 0 Å². The quantitative estimate of drug-likeness (QED) is 0.794. The predicted octanol–water partition coefficient (Wildman–Crippen LogP) is 1.81. The molecule has 0 fully saturated rings. The zero-order valence-corrected chi connectivity index (χ0v) is 10.7. The molecular formula is C11H11ClN4O3. The molecule has 0 saturated heterocycles. The van der Waals surface area contributed by atoms with E-state index in [0.717, 1.165) is 0 Å². The van der Waals surface area contributed by atoms with Crippen LogP contribution < -0.4 is 10.1 Å². The summed E-state index contributed by atoms with van der Waals surface area (Å²) in [5.41, 5.74) is 0.0822. The Bertz CT molecular complexity index is 599. The van der Waals surface area contributed by atoms with Crippen LogP contribution in [0.15, 0.2) is 18.2 Å². The van der Waals surface area contributed by atoms with E-state index >= 15 is 0 Å². The standard InChI is InChI=1S/C11H11ClN4O3/c1-2-19-11-14-10(15-16-11)13-9(18)7-4-3-6(12)5-8(7)17/h3-5,17H,2H2,1H3,(H2,13,14,15,16,18). The number of hydrogen-bond donors (Lipinski definition) is 3. The molecular weight excluding hydrogens is 272 g/mol. The summed E-state index contributed by atoms with van der Waals surface area (Å²) in [5.74, 6) is -0.620. The Hall–Kier alpha value is -2.28. The zero-order chi connectivity index (χ0) is 13.8. The molecule has 1 aromatic heterocycles. The van der Waals surface area contributed by atoms with Crippen LogP contribution in [0.3, 0.4) is 0 Å². The predicted molar refractivity (Wildman–Crippen MR) is 68.6 cm³/mol. The highest BCUT2D eigenvalue weighted by molar-refractivity contribution is 6.30. The highest BCUT2D eigenvalue weighted by Crippen LogP contribution is 2.22. The number of aromatic nitrogens is 3. The maximum absolute atomic E-state index is 11.9. The fourth-order valence-electron chi connectivity index (χ4n) is 1.37. The van der Waals surface area contributed by atoms with Crippen molar-refractivity contribution in [3.8, 4) is 11.8 Å². The number of H-pyrrole nitrogens is 1. The number of carbonyl (C=O) groups excluding carboxylic acids is 1. The van der Waals surface area contributed by atoms with Gasteiger partial charge < -0.3 is 9.84 Å². The van der Waals surface area contributed by atoms with Crippen LogP contribution >= 0.6 is 11.6 Å². The van der Waals surface area contributed by atoms with Gasteiger partial charge >= 0.3 is 6.01 Å². The first kappa shape index (κ1) is 13.2. The summed E-state index contributed by atoms with van der Waals surface area (Å²) in [4.78, 5) is 15.8. The summed E-state index contributed by atoms with van der Waals surface area (Å²) in [5, 5.41) is 18.6. The van der Waals surface area contributed by atoms with Crippen LogP contribution in [0, 0.1) is 0 Å². The lowest BCUT2D eigenvalue weighted by Gasteiger charge is -2.04. The van der Waals surface area contributed by atoms with E-state index in [0.29, 0.717) is 11.6 Å². The van der Waals surface area contributed by atoms with E-state index in [1.165, 1.54) is 18.2 Å². The third-order valence-electron chi connectivity index (χ3n) is 2.17. The average molecular weight is 283 g/mol. The van der Waals surface area contributed by atoms with Gasteiger partial charge in [0.05, 0.1) is 12.2 Å². The molecule has 0 bridgehead atoms. The van der Waals surface area contributed by atoms with Gasteiger partial charge in [0.1, 0.15) is 5.75 Å². The lowest BCUT2D eigenvalue weighted by atomic mass is 10.2. The number of nitrogens with zero attached hydrogens (tertiary/aromatic N) is 2. The molecule has 0 radical (unpaired) electrons. The summed E-state index contributed by atoms with van der Waals surface area (Å²) in [6, 6.07) is 4.33. The number of benzene rings is 1. The topological polar surface area (TPSA) is 100 Å². The van der Waals surface area contributed by atoms with Gasteiger partial charge in [-0.3, -0.25) is 10.1 Å². The maximum atomic E-state index is 11.9. The van der Waals surface area contributed by atoms with E-state index in [-0.39, 0.29) is 23.3 Å². The second-order valence-corrected chi connectivity index (χ2v) is 3.95. The monoisotopic (exact) mass is 282 g/mol. The first-order chi connectivity index (χ1) is 9.10. The molecule has 8 heteroatoms. The second kappa shape index (κ2) is 5.57. The molecule has 1 aromatic carbocycles. The van der Waals surface area contributed by atoms with E-state index in [9.17, 15) is 9.90 Å². The van der Waals surface area contributed by atoms with E-state index < -0.39 is 5.91 Å². The molecule has 0 aliphatic rings. The van der Waals surface area contributed by atoms with Crippen LogP contribution in [0.25, 0.3) is 0 Å². The van der Waals surface area contributed by atoms with Gasteiger partial charge in [0.25, 0.3) is 5.91 Å². The van der Waals surface area contributed by atoms with Crippen LogP contribution in [-0.2, 0) is 0 Å². The number of rotatable bonds is 4. The molecule has 0 spiro atoms. The summed E-state index contributed by atoms with van der Waals surface area (Å²) in [6.45, 7) is 2.21. The molecule has 0 aliphatic heterocycles. The van der Waals surface area contributed by atoms with Gasteiger partial charge in [-0.1, -0.05) is 11.6 Å². The van der Waals surface area contributed by atoms with Crippen LogP contribution in [0.5, 0.6) is 11.8 Å². The highest BCUT2D eigenvalue weighted by Gasteiger charge is 2.13. The maximum Gasteiger partial charge on any atom is 0.337 e. The molecule has 19 heavy (non-hydrogen) atoms. The minimum atomic E-state index is -0.534. The number of halogens is 1. The number of phenols is 1. The van der Waals surface area contributed by atoms with Crippen LogP contribution in [0.2, 0.25) is 5.02 Å². The molecule has 1 amide bonds. The minimum absolute atomic E-state index is 0.0822. The van der Waals surface area contributed by atoms with Crippen molar-refractivity contribution < 1.29 is 14.6 Å². The van der Waals surface area contributed by atoms with Gasteiger partial charge in [0, 0.05) is 5.02 Å². The Morgan fingerprint density at radius 3 is 3.05 bits per heavy atom. The Labute approximate surface area is 113 Å². The van der Waals surface area contributed by atoms with Crippen LogP contribution in [0.1, 0.15) is 17.3 Å². The normalized spacial score (nSPS) is 10.2. The molecule has 0 atom stereocenters. The molecule has 2 rings (SSSR count). The summed E-state index contributed by atoms with van der Waals surface area (Å²) in [7, 11) is 0. The van der Waals surface area contributed by atoms with E-state index in [2.05, 4.69) is 20.5 Å².